The summed E-state index contributed by atoms with van der Waals surface area (Å²) in [7, 11) is -3.58. The fraction of sp³-hybridized carbons (Fsp3) is 0.769. The summed E-state index contributed by atoms with van der Waals surface area (Å²) in [5.74, 6) is 0.828. The van der Waals surface area contributed by atoms with Gasteiger partial charge in [0.25, 0.3) is 0 Å². The predicted octanol–water partition coefficient (Wildman–Crippen LogP) is 0.495. The number of rotatable bonds is 6. The number of nitrogens with two attached hydrogens (primary N) is 1. The lowest BCUT2D eigenvalue weighted by Crippen LogP contribution is -2.39. The maximum Gasteiger partial charge on any atom is 0.245 e. The Morgan fingerprint density at radius 3 is 2.67 bits per heavy atom. The molecule has 3 N–H and O–H groups in total. The molecule has 0 bridgehead atoms. The molecule has 1 aliphatic rings. The largest absolute Gasteiger partial charge is 0.381 e. The van der Waals surface area contributed by atoms with Gasteiger partial charge in [0.2, 0.25) is 10.0 Å². The smallest absolute Gasteiger partial charge is 0.245 e. The van der Waals surface area contributed by atoms with Crippen molar-refractivity contribution in [2.75, 3.05) is 31.9 Å². The van der Waals surface area contributed by atoms with Gasteiger partial charge in [-0.3, -0.25) is 4.68 Å². The molecule has 120 valence electrons. The Bertz CT molecular complexity index is 561. The number of likely N-dealkylation sites (tertiary alicyclic amines) is 1. The normalized spacial score (nSPS) is 18.2. The first-order valence-corrected chi connectivity index (χ1v) is 8.95. The van der Waals surface area contributed by atoms with E-state index in [1.54, 1.807) is 0 Å². The molecule has 7 nitrogen and oxygen atoms in total. The van der Waals surface area contributed by atoms with E-state index < -0.39 is 10.0 Å². The first-order chi connectivity index (χ1) is 9.92. The Kier molecular flexibility index (Phi) is 5.23. The van der Waals surface area contributed by atoms with Crippen LogP contribution in [0.4, 0.5) is 5.82 Å². The van der Waals surface area contributed by atoms with Crippen LogP contribution in [0.1, 0.15) is 26.7 Å². The molecule has 1 fully saturated rings. The second-order valence-corrected chi connectivity index (χ2v) is 7.39. The molecule has 1 aromatic rings. The summed E-state index contributed by atoms with van der Waals surface area (Å²) in [4.78, 5) is 2.36. The number of sulfonamides is 1. The standard InChI is InChI=1S/C13H25N5O2S/c1-3-18-10-12(13(14)16-18)21(19,20)15-6-9-17-7-4-11(2)5-8-17/h10-11,15H,3-9H2,1-2H3,(H2,14,16). The Morgan fingerprint density at radius 2 is 2.10 bits per heavy atom. The minimum Gasteiger partial charge on any atom is -0.381 e. The van der Waals surface area contributed by atoms with Crippen molar-refractivity contribution in [2.24, 2.45) is 5.92 Å². The fourth-order valence-electron chi connectivity index (χ4n) is 2.49. The summed E-state index contributed by atoms with van der Waals surface area (Å²) >= 11 is 0. The van der Waals surface area contributed by atoms with Gasteiger partial charge < -0.3 is 10.6 Å². The molecule has 0 aromatic carbocycles. The molecule has 0 amide bonds. The van der Waals surface area contributed by atoms with Gasteiger partial charge in [-0.2, -0.15) is 5.10 Å². The number of anilines is 1. The van der Waals surface area contributed by atoms with Gasteiger partial charge in [-0.05, 0) is 38.8 Å². The van der Waals surface area contributed by atoms with Gasteiger partial charge in [-0.1, -0.05) is 6.92 Å². The van der Waals surface area contributed by atoms with E-state index in [9.17, 15) is 8.42 Å². The second kappa shape index (κ2) is 6.76. The van der Waals surface area contributed by atoms with Crippen molar-refractivity contribution in [3.05, 3.63) is 6.20 Å². The third-order valence-electron chi connectivity index (χ3n) is 3.96. The van der Waals surface area contributed by atoms with Crippen molar-refractivity contribution >= 4 is 15.8 Å². The zero-order valence-corrected chi connectivity index (χ0v) is 13.6. The Hall–Kier alpha value is -1.12. The average molecular weight is 315 g/mol. The van der Waals surface area contributed by atoms with Crippen molar-refractivity contribution in [1.82, 2.24) is 19.4 Å². The van der Waals surface area contributed by atoms with E-state index in [0.29, 0.717) is 13.1 Å². The van der Waals surface area contributed by atoms with Gasteiger partial charge in [-0.15, -0.1) is 0 Å². The molecule has 0 unspecified atom stereocenters. The molecule has 21 heavy (non-hydrogen) atoms. The van der Waals surface area contributed by atoms with E-state index in [-0.39, 0.29) is 10.7 Å². The molecule has 0 aliphatic carbocycles. The van der Waals surface area contributed by atoms with Gasteiger partial charge in [0.15, 0.2) is 5.82 Å². The molecular formula is C13H25N5O2S. The maximum absolute atomic E-state index is 12.2. The number of nitrogen functional groups attached to an aromatic ring is 1. The van der Waals surface area contributed by atoms with Gasteiger partial charge in [0.05, 0.1) is 0 Å². The number of piperidine rings is 1. The van der Waals surface area contributed by atoms with E-state index >= 15 is 0 Å². The molecule has 2 rings (SSSR count). The highest BCUT2D eigenvalue weighted by atomic mass is 32.2. The zero-order chi connectivity index (χ0) is 15.5. The van der Waals surface area contributed by atoms with Crippen LogP contribution < -0.4 is 10.5 Å². The van der Waals surface area contributed by atoms with Crippen LogP contribution >= 0.6 is 0 Å². The minimum atomic E-state index is -3.58. The third kappa shape index (κ3) is 4.18. The molecule has 0 saturated carbocycles. The van der Waals surface area contributed by atoms with E-state index in [2.05, 4.69) is 21.6 Å². The van der Waals surface area contributed by atoms with E-state index in [1.807, 2.05) is 6.92 Å². The summed E-state index contributed by atoms with van der Waals surface area (Å²) in [6.45, 7) is 7.94. The van der Waals surface area contributed by atoms with Crippen molar-refractivity contribution in [3.8, 4) is 0 Å². The third-order valence-corrected chi connectivity index (χ3v) is 5.44. The predicted molar refractivity (Wildman–Crippen MR) is 82.3 cm³/mol. The van der Waals surface area contributed by atoms with Crippen LogP contribution in [-0.4, -0.2) is 49.3 Å². The van der Waals surface area contributed by atoms with Crippen molar-refractivity contribution < 1.29 is 8.42 Å². The zero-order valence-electron chi connectivity index (χ0n) is 12.7. The van der Waals surface area contributed by atoms with Crippen LogP contribution in [0.2, 0.25) is 0 Å². The van der Waals surface area contributed by atoms with Gasteiger partial charge >= 0.3 is 0 Å². The molecule has 2 heterocycles. The second-order valence-electron chi connectivity index (χ2n) is 5.66. The monoisotopic (exact) mass is 315 g/mol. The molecule has 0 atom stereocenters. The molecule has 1 aliphatic heterocycles. The summed E-state index contributed by atoms with van der Waals surface area (Å²) < 4.78 is 28.6. The van der Waals surface area contributed by atoms with Gasteiger partial charge in [-0.25, -0.2) is 13.1 Å². The lowest BCUT2D eigenvalue weighted by Gasteiger charge is -2.30. The Balaban J connectivity index is 1.88. The lowest BCUT2D eigenvalue weighted by atomic mass is 9.99. The van der Waals surface area contributed by atoms with Crippen molar-refractivity contribution in [3.63, 3.8) is 0 Å². The molecule has 8 heteroatoms. The minimum absolute atomic E-state index is 0.0520. The van der Waals surface area contributed by atoms with E-state index in [0.717, 1.165) is 25.6 Å². The number of aromatic nitrogens is 2. The molecule has 0 spiro atoms. The van der Waals surface area contributed by atoms with Crippen LogP contribution in [0.15, 0.2) is 11.1 Å². The van der Waals surface area contributed by atoms with E-state index in [1.165, 1.54) is 23.7 Å². The highest BCUT2D eigenvalue weighted by Gasteiger charge is 2.21. The topological polar surface area (TPSA) is 93.2 Å². The Labute approximate surface area is 126 Å². The summed E-state index contributed by atoms with van der Waals surface area (Å²) in [5, 5.41) is 3.97. The van der Waals surface area contributed by atoms with Gasteiger partial charge in [0.1, 0.15) is 4.90 Å². The quantitative estimate of drug-likeness (QED) is 0.797. The SMILES string of the molecule is CCn1cc(S(=O)(=O)NCCN2CCC(C)CC2)c(N)n1. The first-order valence-electron chi connectivity index (χ1n) is 7.47. The first kappa shape index (κ1) is 16.3. The Morgan fingerprint density at radius 1 is 1.43 bits per heavy atom. The summed E-state index contributed by atoms with van der Waals surface area (Å²) in [6, 6.07) is 0. The fourth-order valence-corrected chi connectivity index (χ4v) is 3.58. The average Bonchev–Trinajstić information content (AvgIpc) is 2.83. The molecule has 1 saturated heterocycles. The maximum atomic E-state index is 12.2. The molecule has 0 radical (unpaired) electrons. The van der Waals surface area contributed by atoms with Gasteiger partial charge in [0, 0.05) is 25.8 Å². The highest BCUT2D eigenvalue weighted by Crippen LogP contribution is 2.17. The van der Waals surface area contributed by atoms with Crippen molar-refractivity contribution in [2.45, 2.75) is 38.1 Å². The van der Waals surface area contributed by atoms with Crippen LogP contribution in [0.3, 0.4) is 0 Å². The highest BCUT2D eigenvalue weighted by molar-refractivity contribution is 7.89. The molecule has 1 aromatic heterocycles. The number of nitrogens with zero attached hydrogens (tertiary/aromatic N) is 3. The number of hydrogen-bond donors (Lipinski definition) is 2. The van der Waals surface area contributed by atoms with Crippen LogP contribution in [0, 0.1) is 5.92 Å². The van der Waals surface area contributed by atoms with Crippen molar-refractivity contribution in [1.29, 1.82) is 0 Å². The summed E-state index contributed by atoms with van der Waals surface area (Å²) in [5.41, 5.74) is 5.67. The number of aryl methyl sites for hydroxylation is 1. The lowest BCUT2D eigenvalue weighted by molar-refractivity contribution is 0.195. The summed E-state index contributed by atoms with van der Waals surface area (Å²) in [6.07, 6.45) is 3.84. The molecular weight excluding hydrogens is 290 g/mol. The van der Waals surface area contributed by atoms with Crippen LogP contribution in [0.25, 0.3) is 0 Å². The van der Waals surface area contributed by atoms with Crippen LogP contribution in [-0.2, 0) is 16.6 Å². The van der Waals surface area contributed by atoms with Crippen LogP contribution in [0.5, 0.6) is 0 Å². The van der Waals surface area contributed by atoms with E-state index in [4.69, 9.17) is 5.73 Å². The number of nitrogens with one attached hydrogen (secondary N) is 1. The number of hydrogen-bond acceptors (Lipinski definition) is 5.